The second-order valence-electron chi connectivity index (χ2n) is 5.18. The number of amides is 4. The number of carbonyl (C=O) groups is 4. The number of nitrogens with zero attached hydrogens (tertiary/aromatic N) is 1. The van der Waals surface area contributed by atoms with Gasteiger partial charge in [0.05, 0.1) is 0 Å². The van der Waals surface area contributed by atoms with Gasteiger partial charge in [0.1, 0.15) is 5.92 Å². The molecular formula is C14H14F2N4O4. The summed E-state index contributed by atoms with van der Waals surface area (Å²) in [5, 5.41) is 2.01. The highest BCUT2D eigenvalue weighted by molar-refractivity contribution is 6.12. The van der Waals surface area contributed by atoms with Crippen LogP contribution in [0.3, 0.4) is 0 Å². The van der Waals surface area contributed by atoms with E-state index in [1.54, 1.807) is 0 Å². The SMILES string of the molecule is NC(=O)C(NC(=O)[C@H]1CCN(c2ccc(F)c(F)c2)C1=O)C(N)=O. The number of rotatable bonds is 5. The van der Waals surface area contributed by atoms with Crippen molar-refractivity contribution in [3.8, 4) is 0 Å². The average Bonchev–Trinajstić information content (AvgIpc) is 2.88. The fraction of sp³-hybridized carbons (Fsp3) is 0.286. The zero-order valence-electron chi connectivity index (χ0n) is 12.3. The molecule has 0 bridgehead atoms. The second kappa shape index (κ2) is 6.60. The van der Waals surface area contributed by atoms with Gasteiger partial charge < -0.3 is 21.7 Å². The Bertz CT molecular complexity index is 711. The van der Waals surface area contributed by atoms with Crippen LogP contribution < -0.4 is 21.7 Å². The molecule has 1 saturated heterocycles. The number of hydrogen-bond donors (Lipinski definition) is 3. The van der Waals surface area contributed by atoms with Crippen LogP contribution >= 0.6 is 0 Å². The van der Waals surface area contributed by atoms with E-state index in [9.17, 15) is 28.0 Å². The van der Waals surface area contributed by atoms with Crippen LogP contribution in [0, 0.1) is 17.6 Å². The maximum absolute atomic E-state index is 13.3. The fourth-order valence-corrected chi connectivity index (χ4v) is 2.36. The molecule has 1 heterocycles. The van der Waals surface area contributed by atoms with Gasteiger partial charge >= 0.3 is 0 Å². The molecule has 0 unspecified atom stereocenters. The Morgan fingerprint density at radius 2 is 1.79 bits per heavy atom. The Balaban J connectivity index is 2.13. The van der Waals surface area contributed by atoms with E-state index >= 15 is 0 Å². The molecule has 1 atom stereocenters. The zero-order chi connectivity index (χ0) is 18.0. The zero-order valence-corrected chi connectivity index (χ0v) is 12.3. The van der Waals surface area contributed by atoms with Crippen molar-refractivity contribution in [1.29, 1.82) is 0 Å². The lowest BCUT2D eigenvalue weighted by molar-refractivity contribution is -0.138. The van der Waals surface area contributed by atoms with Crippen LogP contribution in [0.2, 0.25) is 0 Å². The summed E-state index contributed by atoms with van der Waals surface area (Å²) in [7, 11) is 0. The lowest BCUT2D eigenvalue weighted by atomic mass is 10.1. The van der Waals surface area contributed by atoms with Crippen LogP contribution in [0.4, 0.5) is 14.5 Å². The lowest BCUT2D eigenvalue weighted by Crippen LogP contribution is -2.54. The number of hydrogen-bond acceptors (Lipinski definition) is 4. The first kappa shape index (κ1) is 17.3. The molecule has 2 rings (SSSR count). The number of nitrogens with one attached hydrogen (secondary N) is 1. The molecule has 4 amide bonds. The molecule has 24 heavy (non-hydrogen) atoms. The quantitative estimate of drug-likeness (QED) is 0.578. The topological polar surface area (TPSA) is 136 Å². The summed E-state index contributed by atoms with van der Waals surface area (Å²) in [5.41, 5.74) is 9.98. The summed E-state index contributed by atoms with van der Waals surface area (Å²) in [6, 6.07) is 1.17. The third kappa shape index (κ3) is 3.31. The minimum absolute atomic E-state index is 0.0634. The Morgan fingerprint density at radius 1 is 1.17 bits per heavy atom. The molecule has 0 radical (unpaired) electrons. The molecule has 8 nitrogen and oxygen atoms in total. The van der Waals surface area contributed by atoms with Crippen LogP contribution in [0.5, 0.6) is 0 Å². The van der Waals surface area contributed by atoms with Crippen molar-refractivity contribution in [1.82, 2.24) is 5.32 Å². The molecule has 1 aliphatic heterocycles. The standard InChI is InChI=1S/C14H14F2N4O4/c15-8-2-1-6(5-9(8)16)20-4-3-7(14(20)24)13(23)19-10(11(17)21)12(18)22/h1-2,5,7,10H,3-4H2,(H2,17,21)(H2,18,22)(H,19,23)/t7-/m1/s1. The van der Waals surface area contributed by atoms with E-state index < -0.39 is 47.2 Å². The van der Waals surface area contributed by atoms with E-state index in [0.29, 0.717) is 0 Å². The van der Waals surface area contributed by atoms with Gasteiger partial charge in [0.15, 0.2) is 17.7 Å². The van der Waals surface area contributed by atoms with Crippen LogP contribution in [0.25, 0.3) is 0 Å². The van der Waals surface area contributed by atoms with Crippen molar-refractivity contribution >= 4 is 29.3 Å². The predicted octanol–water partition coefficient (Wildman–Crippen LogP) is -1.23. The highest BCUT2D eigenvalue weighted by Crippen LogP contribution is 2.26. The van der Waals surface area contributed by atoms with Gasteiger partial charge in [-0.3, -0.25) is 19.2 Å². The lowest BCUT2D eigenvalue weighted by Gasteiger charge is -2.18. The Kier molecular flexibility index (Phi) is 4.77. The summed E-state index contributed by atoms with van der Waals surface area (Å²) in [4.78, 5) is 47.6. The van der Waals surface area contributed by atoms with Crippen molar-refractivity contribution in [2.45, 2.75) is 12.5 Å². The molecule has 5 N–H and O–H groups in total. The minimum Gasteiger partial charge on any atom is -0.367 e. The Labute approximate surface area is 134 Å². The molecule has 0 aromatic heterocycles. The second-order valence-corrected chi connectivity index (χ2v) is 5.18. The highest BCUT2D eigenvalue weighted by Gasteiger charge is 2.39. The van der Waals surface area contributed by atoms with Crippen LogP contribution in [0.15, 0.2) is 18.2 Å². The predicted molar refractivity (Wildman–Crippen MR) is 77.1 cm³/mol. The van der Waals surface area contributed by atoms with Gasteiger partial charge in [-0.1, -0.05) is 0 Å². The summed E-state index contributed by atoms with van der Waals surface area (Å²) in [5.74, 6) is -7.27. The van der Waals surface area contributed by atoms with Gasteiger partial charge in [-0.05, 0) is 18.6 Å². The average molecular weight is 340 g/mol. The molecule has 10 heteroatoms. The smallest absolute Gasteiger partial charge is 0.249 e. The summed E-state index contributed by atoms with van der Waals surface area (Å²) >= 11 is 0. The van der Waals surface area contributed by atoms with Crippen molar-refractivity contribution in [3.63, 3.8) is 0 Å². The maximum Gasteiger partial charge on any atom is 0.249 e. The minimum atomic E-state index is -1.73. The number of primary amides is 2. The number of halogens is 2. The molecular weight excluding hydrogens is 326 g/mol. The summed E-state index contributed by atoms with van der Waals surface area (Å²) in [6.45, 7) is 0.0831. The van der Waals surface area contributed by atoms with Crippen molar-refractivity contribution in [3.05, 3.63) is 29.8 Å². The van der Waals surface area contributed by atoms with Crippen LogP contribution in [0.1, 0.15) is 6.42 Å². The summed E-state index contributed by atoms with van der Waals surface area (Å²) < 4.78 is 26.2. The van der Waals surface area contributed by atoms with E-state index in [1.807, 2.05) is 5.32 Å². The molecule has 1 aromatic rings. The molecule has 1 aliphatic rings. The van der Waals surface area contributed by atoms with Crippen molar-refractivity contribution in [2.24, 2.45) is 17.4 Å². The third-order valence-electron chi connectivity index (χ3n) is 3.59. The molecule has 1 fully saturated rings. The van der Waals surface area contributed by atoms with Crippen molar-refractivity contribution in [2.75, 3.05) is 11.4 Å². The highest BCUT2D eigenvalue weighted by atomic mass is 19.2. The first-order valence-electron chi connectivity index (χ1n) is 6.87. The number of carbonyl (C=O) groups excluding carboxylic acids is 4. The molecule has 0 spiro atoms. The van der Waals surface area contributed by atoms with Crippen LogP contribution in [-0.2, 0) is 19.2 Å². The number of nitrogens with two attached hydrogens (primary N) is 2. The Morgan fingerprint density at radius 3 is 2.33 bits per heavy atom. The van der Waals surface area contributed by atoms with Gasteiger partial charge in [0.25, 0.3) is 0 Å². The van der Waals surface area contributed by atoms with Gasteiger partial charge in [-0.15, -0.1) is 0 Å². The largest absolute Gasteiger partial charge is 0.367 e. The van der Waals surface area contributed by atoms with E-state index in [1.165, 1.54) is 6.07 Å². The maximum atomic E-state index is 13.3. The monoisotopic (exact) mass is 340 g/mol. The Hall–Kier alpha value is -3.04. The van der Waals surface area contributed by atoms with Gasteiger partial charge in [0, 0.05) is 18.3 Å². The fourth-order valence-electron chi connectivity index (χ4n) is 2.36. The molecule has 1 aromatic carbocycles. The van der Waals surface area contributed by atoms with Gasteiger partial charge in [-0.25, -0.2) is 8.78 Å². The molecule has 0 aliphatic carbocycles. The number of benzene rings is 1. The van der Waals surface area contributed by atoms with Crippen molar-refractivity contribution < 1.29 is 28.0 Å². The van der Waals surface area contributed by atoms with E-state index in [4.69, 9.17) is 11.5 Å². The molecule has 128 valence electrons. The van der Waals surface area contributed by atoms with Gasteiger partial charge in [0.2, 0.25) is 23.6 Å². The van der Waals surface area contributed by atoms with Crippen LogP contribution in [-0.4, -0.2) is 36.2 Å². The summed E-state index contributed by atoms with van der Waals surface area (Å²) in [6.07, 6.45) is 0.0634. The normalized spacial score (nSPS) is 17.2. The van der Waals surface area contributed by atoms with E-state index in [0.717, 1.165) is 17.0 Å². The first-order chi connectivity index (χ1) is 11.2. The van der Waals surface area contributed by atoms with E-state index in [2.05, 4.69) is 0 Å². The van der Waals surface area contributed by atoms with E-state index in [-0.39, 0.29) is 18.7 Å². The number of anilines is 1. The van der Waals surface area contributed by atoms with Gasteiger partial charge in [-0.2, -0.15) is 0 Å². The third-order valence-corrected chi connectivity index (χ3v) is 3.59. The first-order valence-corrected chi connectivity index (χ1v) is 6.87. The molecule has 0 saturated carbocycles.